The highest BCUT2D eigenvalue weighted by atomic mass is 16.1. The van der Waals surface area contributed by atoms with Crippen LogP contribution in [0.2, 0.25) is 11.6 Å². The molecule has 0 saturated carbocycles. The molecule has 100 valence electrons. The lowest BCUT2D eigenvalue weighted by atomic mass is 9.66. The first-order valence-electron chi connectivity index (χ1n) is 6.52. The lowest BCUT2D eigenvalue weighted by molar-refractivity contribution is -0.122. The van der Waals surface area contributed by atoms with Crippen molar-refractivity contribution < 1.29 is 4.79 Å². The summed E-state index contributed by atoms with van der Waals surface area (Å²) < 4.78 is 0. The van der Waals surface area contributed by atoms with Gasteiger partial charge in [-0.05, 0) is 36.0 Å². The van der Waals surface area contributed by atoms with Crippen LogP contribution in [0.5, 0.6) is 0 Å². The molecule has 0 heterocycles. The van der Waals surface area contributed by atoms with Gasteiger partial charge in [0.05, 0.1) is 21.7 Å². The molecule has 0 saturated heterocycles. The van der Waals surface area contributed by atoms with Crippen LogP contribution in [0.15, 0.2) is 0 Å². The number of hydrogen-bond acceptors (Lipinski definition) is 3. The van der Waals surface area contributed by atoms with E-state index >= 15 is 0 Å². The molecule has 0 aromatic carbocycles. The highest BCUT2D eigenvalue weighted by Crippen LogP contribution is 2.30. The Morgan fingerprint density at radius 3 is 2.11 bits per heavy atom. The molecule has 2 atom stereocenters. The summed E-state index contributed by atoms with van der Waals surface area (Å²) in [5.74, 6) is 0.0800. The Labute approximate surface area is 114 Å². The molecule has 2 unspecified atom stereocenters. The molecule has 0 aliphatic carbocycles. The van der Waals surface area contributed by atoms with E-state index in [0.29, 0.717) is 19.3 Å². The summed E-state index contributed by atoms with van der Waals surface area (Å²) in [5, 5.41) is -0.887. The zero-order valence-electron chi connectivity index (χ0n) is 12.2. The van der Waals surface area contributed by atoms with Crippen molar-refractivity contribution in [1.82, 2.24) is 0 Å². The fourth-order valence-corrected chi connectivity index (χ4v) is 2.07. The van der Waals surface area contributed by atoms with Crippen molar-refractivity contribution in [2.45, 2.75) is 58.2 Å². The van der Waals surface area contributed by atoms with Crippen molar-refractivity contribution >= 4 is 21.5 Å². The molecule has 0 rings (SSSR count). The van der Waals surface area contributed by atoms with Crippen LogP contribution in [0.4, 0.5) is 0 Å². The second-order valence-corrected chi connectivity index (χ2v) is 6.60. The molecule has 0 bridgehead atoms. The first-order chi connectivity index (χ1) is 8.03. The molecule has 18 heavy (non-hydrogen) atoms. The third kappa shape index (κ3) is 6.05. The van der Waals surface area contributed by atoms with Gasteiger partial charge in [-0.25, -0.2) is 0 Å². The molecule has 0 spiro atoms. The third-order valence-electron chi connectivity index (χ3n) is 3.29. The summed E-state index contributed by atoms with van der Waals surface area (Å²) in [6, 6.07) is -0.549. The van der Waals surface area contributed by atoms with E-state index in [4.69, 9.17) is 27.2 Å². The van der Waals surface area contributed by atoms with Gasteiger partial charge in [0.1, 0.15) is 5.78 Å². The van der Waals surface area contributed by atoms with Crippen LogP contribution in [0.3, 0.4) is 0 Å². The zero-order chi connectivity index (χ0) is 14.6. The van der Waals surface area contributed by atoms with E-state index in [1.807, 2.05) is 0 Å². The molecule has 0 fully saturated rings. The van der Waals surface area contributed by atoms with E-state index < -0.39 is 11.4 Å². The minimum atomic E-state index is -0.887. The van der Waals surface area contributed by atoms with Crippen molar-refractivity contribution in [2.75, 3.05) is 6.54 Å². The number of carbonyl (C=O) groups is 1. The summed E-state index contributed by atoms with van der Waals surface area (Å²) in [7, 11) is 11.5. The molecular formula is C13H26B2N2O. The minimum absolute atomic E-state index is 0.0189. The highest BCUT2D eigenvalue weighted by Gasteiger charge is 2.29. The Bertz CT molecular complexity index is 275. The summed E-state index contributed by atoms with van der Waals surface area (Å²) in [6.07, 6.45) is 1.95. The Kier molecular flexibility index (Phi) is 6.66. The van der Waals surface area contributed by atoms with Gasteiger partial charge < -0.3 is 11.5 Å². The first kappa shape index (κ1) is 17.7. The molecule has 0 aliphatic rings. The monoisotopic (exact) mass is 248 g/mol. The van der Waals surface area contributed by atoms with Crippen LogP contribution in [-0.2, 0) is 4.79 Å². The molecule has 5 heteroatoms. The predicted molar refractivity (Wildman–Crippen MR) is 78.9 cm³/mol. The summed E-state index contributed by atoms with van der Waals surface area (Å²) >= 11 is 0. The summed E-state index contributed by atoms with van der Waals surface area (Å²) in [6.45, 7) is 8.13. The van der Waals surface area contributed by atoms with Gasteiger partial charge in [0.15, 0.2) is 0 Å². The smallest absolute Gasteiger partial charge is 0.146 e. The van der Waals surface area contributed by atoms with Crippen molar-refractivity contribution in [1.29, 1.82) is 0 Å². The summed E-state index contributed by atoms with van der Waals surface area (Å²) in [4.78, 5) is 11.9. The van der Waals surface area contributed by atoms with Gasteiger partial charge >= 0.3 is 0 Å². The van der Waals surface area contributed by atoms with Crippen LogP contribution < -0.4 is 11.5 Å². The number of nitrogens with two attached hydrogens (primary N) is 2. The van der Waals surface area contributed by atoms with E-state index in [1.165, 1.54) is 0 Å². The van der Waals surface area contributed by atoms with Gasteiger partial charge in [-0.2, -0.15) is 0 Å². The zero-order valence-corrected chi connectivity index (χ0v) is 12.2. The Morgan fingerprint density at radius 2 is 1.78 bits per heavy atom. The quantitative estimate of drug-likeness (QED) is 0.634. The maximum absolute atomic E-state index is 11.9. The highest BCUT2D eigenvalue weighted by molar-refractivity contribution is 6.28. The largest absolute Gasteiger partial charge is 0.330 e. The molecule has 3 nitrogen and oxygen atoms in total. The molecule has 0 amide bonds. The summed E-state index contributed by atoms with van der Waals surface area (Å²) in [5.41, 5.74) is 11.7. The van der Waals surface area contributed by atoms with Gasteiger partial charge in [-0.1, -0.05) is 34.0 Å². The molecular weight excluding hydrogens is 222 g/mol. The van der Waals surface area contributed by atoms with Crippen molar-refractivity contribution in [2.24, 2.45) is 22.8 Å². The molecule has 0 aromatic rings. The minimum Gasteiger partial charge on any atom is -0.330 e. The van der Waals surface area contributed by atoms with Crippen molar-refractivity contribution in [3.8, 4) is 0 Å². The maximum atomic E-state index is 11.9. The average Bonchev–Trinajstić information content (AvgIpc) is 2.25. The van der Waals surface area contributed by atoms with E-state index in [-0.39, 0.29) is 17.1 Å². The fourth-order valence-electron chi connectivity index (χ4n) is 2.07. The average molecular weight is 248 g/mol. The SMILES string of the molecule is [B]CC(CC(N)C(=O)C([B])(C)C)CC(C)(C)CN. The van der Waals surface area contributed by atoms with Gasteiger partial charge in [0.25, 0.3) is 0 Å². The van der Waals surface area contributed by atoms with Crippen molar-refractivity contribution in [3.05, 3.63) is 0 Å². The number of Topliss-reactive ketones (excluding diaryl/α,β-unsaturated/α-hetero) is 1. The number of hydrogen-bond donors (Lipinski definition) is 2. The molecule has 0 aliphatic heterocycles. The Balaban J connectivity index is 4.51. The molecule has 4 radical (unpaired) electrons. The van der Waals surface area contributed by atoms with Gasteiger partial charge in [0.2, 0.25) is 0 Å². The first-order valence-corrected chi connectivity index (χ1v) is 6.52. The standard InChI is InChI=1S/C13H26B2N2O/c1-12(2,8-16)6-9(7-14)5-10(17)11(18)13(3,4)15/h9-10H,5-8,16-17H2,1-4H3. The van der Waals surface area contributed by atoms with Crippen molar-refractivity contribution in [3.63, 3.8) is 0 Å². The van der Waals surface area contributed by atoms with Crippen LogP contribution in [0, 0.1) is 11.3 Å². The van der Waals surface area contributed by atoms with Crippen LogP contribution in [-0.4, -0.2) is 34.1 Å². The van der Waals surface area contributed by atoms with Gasteiger partial charge in [0, 0.05) is 0 Å². The van der Waals surface area contributed by atoms with Crippen LogP contribution >= 0.6 is 0 Å². The molecule has 4 N–H and O–H groups in total. The van der Waals surface area contributed by atoms with Crippen LogP contribution in [0.1, 0.15) is 40.5 Å². The fraction of sp³-hybridized carbons (Fsp3) is 0.923. The lowest BCUT2D eigenvalue weighted by Crippen LogP contribution is -2.39. The van der Waals surface area contributed by atoms with E-state index in [0.717, 1.165) is 6.42 Å². The predicted octanol–water partition coefficient (Wildman–Crippen LogP) is 1.22. The lowest BCUT2D eigenvalue weighted by Gasteiger charge is -2.30. The topological polar surface area (TPSA) is 69.1 Å². The molecule has 0 aromatic heterocycles. The maximum Gasteiger partial charge on any atom is 0.146 e. The second kappa shape index (κ2) is 6.76. The Morgan fingerprint density at radius 1 is 1.28 bits per heavy atom. The normalized spacial score (nSPS) is 16.3. The van der Waals surface area contributed by atoms with Crippen LogP contribution in [0.25, 0.3) is 0 Å². The van der Waals surface area contributed by atoms with E-state index in [1.54, 1.807) is 13.8 Å². The second-order valence-electron chi connectivity index (χ2n) is 6.60. The van der Waals surface area contributed by atoms with E-state index in [9.17, 15) is 4.79 Å². The third-order valence-corrected chi connectivity index (χ3v) is 3.29. The van der Waals surface area contributed by atoms with Gasteiger partial charge in [-0.3, -0.25) is 4.79 Å². The van der Waals surface area contributed by atoms with Gasteiger partial charge in [-0.15, -0.1) is 0 Å². The van der Waals surface area contributed by atoms with E-state index in [2.05, 4.69) is 13.8 Å². The Hall–Kier alpha value is -0.280. The number of ketones is 1. The number of rotatable bonds is 8. The number of carbonyl (C=O) groups excluding carboxylic acids is 1.